The van der Waals surface area contributed by atoms with Crippen molar-refractivity contribution >= 4 is 0 Å². The van der Waals surface area contributed by atoms with Crippen molar-refractivity contribution in [2.45, 2.75) is 76.5 Å². The van der Waals surface area contributed by atoms with Gasteiger partial charge in [0.15, 0.2) is 0 Å². The van der Waals surface area contributed by atoms with Gasteiger partial charge in [-0.15, -0.1) is 0 Å². The summed E-state index contributed by atoms with van der Waals surface area (Å²) in [6.07, 6.45) is 8.48. The van der Waals surface area contributed by atoms with Crippen molar-refractivity contribution in [3.05, 3.63) is 0 Å². The van der Waals surface area contributed by atoms with Gasteiger partial charge in [0.1, 0.15) is 0 Å². The molecule has 4 atom stereocenters. The van der Waals surface area contributed by atoms with E-state index in [0.717, 1.165) is 24.0 Å². The molecule has 3 aliphatic rings. The van der Waals surface area contributed by atoms with Crippen molar-refractivity contribution in [2.24, 2.45) is 5.92 Å². The number of piperidine rings is 2. The number of nitrogens with one attached hydrogen (secondary N) is 1. The highest BCUT2D eigenvalue weighted by Crippen LogP contribution is 2.35. The third-order valence-electron chi connectivity index (χ3n) is 6.04. The minimum absolute atomic E-state index is 0.686. The van der Waals surface area contributed by atoms with Gasteiger partial charge < -0.3 is 10.2 Å². The molecular formula is C17H33N3. The lowest BCUT2D eigenvalue weighted by atomic mass is 9.81. The average molecular weight is 279 g/mol. The van der Waals surface area contributed by atoms with E-state index in [2.05, 4.69) is 36.0 Å². The van der Waals surface area contributed by atoms with Crippen LogP contribution in [0.1, 0.15) is 52.4 Å². The van der Waals surface area contributed by atoms with Gasteiger partial charge in [-0.3, -0.25) is 4.90 Å². The minimum Gasteiger partial charge on any atom is -0.314 e. The molecule has 3 aliphatic heterocycles. The topological polar surface area (TPSA) is 18.5 Å². The molecule has 0 radical (unpaired) electrons. The Hall–Kier alpha value is -0.120. The predicted molar refractivity (Wildman–Crippen MR) is 85.0 cm³/mol. The summed E-state index contributed by atoms with van der Waals surface area (Å²) in [5.41, 5.74) is 0. The van der Waals surface area contributed by atoms with E-state index in [9.17, 15) is 0 Å². The normalized spacial score (nSPS) is 44.9. The molecule has 3 heterocycles. The van der Waals surface area contributed by atoms with Crippen LogP contribution in [0.4, 0.5) is 0 Å². The molecular weight excluding hydrogens is 246 g/mol. The van der Waals surface area contributed by atoms with E-state index in [1.165, 1.54) is 58.2 Å². The summed E-state index contributed by atoms with van der Waals surface area (Å²) in [7, 11) is 2.37. The van der Waals surface area contributed by atoms with Gasteiger partial charge in [-0.25, -0.2) is 0 Å². The molecule has 3 nitrogen and oxygen atoms in total. The summed E-state index contributed by atoms with van der Waals surface area (Å²) in [5, 5.41) is 3.67. The van der Waals surface area contributed by atoms with Crippen LogP contribution >= 0.6 is 0 Å². The Balaban J connectivity index is 1.65. The fourth-order valence-electron chi connectivity index (χ4n) is 4.64. The molecule has 0 aromatic carbocycles. The third kappa shape index (κ3) is 3.20. The third-order valence-corrected chi connectivity index (χ3v) is 6.04. The lowest BCUT2D eigenvalue weighted by Gasteiger charge is -2.50. The van der Waals surface area contributed by atoms with Crippen LogP contribution in [0.3, 0.4) is 0 Å². The van der Waals surface area contributed by atoms with Crippen LogP contribution in [-0.2, 0) is 0 Å². The van der Waals surface area contributed by atoms with Crippen LogP contribution in [-0.4, -0.2) is 60.6 Å². The standard InChI is InChI=1S/C17H33N3/c1-13-11-18-14(2)7-8-20(12-13)17-9-15-5-4-6-16(10-17)19(15)3/h13-18H,4-12H2,1-3H3. The van der Waals surface area contributed by atoms with Crippen molar-refractivity contribution in [1.29, 1.82) is 0 Å². The Morgan fingerprint density at radius 1 is 0.950 bits per heavy atom. The minimum atomic E-state index is 0.686. The van der Waals surface area contributed by atoms with Crippen LogP contribution in [0.25, 0.3) is 0 Å². The highest BCUT2D eigenvalue weighted by Gasteiger charge is 2.38. The molecule has 0 aromatic heterocycles. The molecule has 0 amide bonds. The average Bonchev–Trinajstić information content (AvgIpc) is 2.39. The molecule has 116 valence electrons. The summed E-state index contributed by atoms with van der Waals surface area (Å²) >= 11 is 0. The van der Waals surface area contributed by atoms with Gasteiger partial charge in [-0.2, -0.15) is 0 Å². The first-order valence-electron chi connectivity index (χ1n) is 8.83. The lowest BCUT2D eigenvalue weighted by Crippen LogP contribution is -2.57. The zero-order chi connectivity index (χ0) is 14.1. The van der Waals surface area contributed by atoms with Crippen molar-refractivity contribution in [2.75, 3.05) is 26.7 Å². The number of nitrogens with zero attached hydrogens (tertiary/aromatic N) is 2. The van der Waals surface area contributed by atoms with Gasteiger partial charge >= 0.3 is 0 Å². The first-order valence-corrected chi connectivity index (χ1v) is 8.83. The van der Waals surface area contributed by atoms with Crippen molar-refractivity contribution in [3.8, 4) is 0 Å². The number of hydrogen-bond acceptors (Lipinski definition) is 3. The maximum Gasteiger partial charge on any atom is 0.0125 e. The van der Waals surface area contributed by atoms with Gasteiger partial charge in [0.2, 0.25) is 0 Å². The van der Waals surface area contributed by atoms with Crippen LogP contribution in [0, 0.1) is 5.92 Å². The second kappa shape index (κ2) is 6.33. The second-order valence-electron chi connectivity index (χ2n) is 7.73. The fourth-order valence-corrected chi connectivity index (χ4v) is 4.64. The fraction of sp³-hybridized carbons (Fsp3) is 1.00. The van der Waals surface area contributed by atoms with E-state index in [-0.39, 0.29) is 0 Å². The molecule has 0 aromatic rings. The smallest absolute Gasteiger partial charge is 0.0125 e. The van der Waals surface area contributed by atoms with E-state index in [4.69, 9.17) is 0 Å². The Morgan fingerprint density at radius 2 is 1.65 bits per heavy atom. The van der Waals surface area contributed by atoms with Gasteiger partial charge in [0.05, 0.1) is 0 Å². The summed E-state index contributed by atoms with van der Waals surface area (Å²) in [6, 6.07) is 3.27. The van der Waals surface area contributed by atoms with E-state index in [1.54, 1.807) is 0 Å². The molecule has 3 fully saturated rings. The van der Waals surface area contributed by atoms with Gasteiger partial charge in [0.25, 0.3) is 0 Å². The number of hydrogen-bond donors (Lipinski definition) is 1. The Morgan fingerprint density at radius 3 is 2.35 bits per heavy atom. The summed E-state index contributed by atoms with van der Waals surface area (Å²) < 4.78 is 0. The Labute approximate surface area is 125 Å². The Kier molecular flexibility index (Phi) is 4.68. The first-order chi connectivity index (χ1) is 9.63. The summed E-state index contributed by atoms with van der Waals surface area (Å²) in [5.74, 6) is 0.789. The van der Waals surface area contributed by atoms with Gasteiger partial charge in [-0.1, -0.05) is 13.3 Å². The molecule has 3 heteroatoms. The zero-order valence-corrected chi connectivity index (χ0v) is 13.6. The lowest BCUT2D eigenvalue weighted by molar-refractivity contribution is 0.00190. The van der Waals surface area contributed by atoms with Crippen LogP contribution in [0.5, 0.6) is 0 Å². The number of fused-ring (bicyclic) bond motifs is 2. The van der Waals surface area contributed by atoms with Gasteiger partial charge in [-0.05, 0) is 65.1 Å². The molecule has 4 unspecified atom stereocenters. The van der Waals surface area contributed by atoms with Crippen molar-refractivity contribution in [1.82, 2.24) is 15.1 Å². The molecule has 3 rings (SSSR count). The quantitative estimate of drug-likeness (QED) is 0.795. The second-order valence-corrected chi connectivity index (χ2v) is 7.73. The highest BCUT2D eigenvalue weighted by molar-refractivity contribution is 4.95. The molecule has 0 spiro atoms. The largest absolute Gasteiger partial charge is 0.314 e. The zero-order valence-electron chi connectivity index (χ0n) is 13.6. The monoisotopic (exact) mass is 279 g/mol. The molecule has 1 N–H and O–H groups in total. The Bertz CT molecular complexity index is 305. The molecule has 0 saturated carbocycles. The maximum atomic E-state index is 3.67. The summed E-state index contributed by atoms with van der Waals surface area (Å²) in [4.78, 5) is 5.54. The molecule has 3 saturated heterocycles. The van der Waals surface area contributed by atoms with E-state index >= 15 is 0 Å². The maximum absolute atomic E-state index is 3.67. The number of rotatable bonds is 1. The molecule has 20 heavy (non-hydrogen) atoms. The van der Waals surface area contributed by atoms with Crippen LogP contribution in [0.15, 0.2) is 0 Å². The van der Waals surface area contributed by atoms with Crippen molar-refractivity contribution in [3.63, 3.8) is 0 Å². The highest BCUT2D eigenvalue weighted by atomic mass is 15.2. The SMILES string of the molecule is CC1CNC(C)CCN(C2CC3CCCC(C2)N3C)C1. The van der Waals surface area contributed by atoms with Crippen molar-refractivity contribution < 1.29 is 0 Å². The van der Waals surface area contributed by atoms with Crippen LogP contribution < -0.4 is 5.32 Å². The van der Waals surface area contributed by atoms with E-state index < -0.39 is 0 Å². The van der Waals surface area contributed by atoms with Crippen LogP contribution in [0.2, 0.25) is 0 Å². The molecule has 0 aliphatic carbocycles. The first kappa shape index (κ1) is 14.8. The van der Waals surface area contributed by atoms with E-state index in [1.807, 2.05) is 0 Å². The van der Waals surface area contributed by atoms with E-state index in [0.29, 0.717) is 6.04 Å². The van der Waals surface area contributed by atoms with Gasteiger partial charge in [0, 0.05) is 30.7 Å². The molecule has 2 bridgehead atoms. The summed E-state index contributed by atoms with van der Waals surface area (Å²) in [6.45, 7) is 8.55. The predicted octanol–water partition coefficient (Wildman–Crippen LogP) is 2.32.